The molecule has 0 aliphatic heterocycles. The first-order chi connectivity index (χ1) is 29.8. The monoisotopic (exact) mass is 803 g/mol. The second-order valence-electron chi connectivity index (χ2n) is 20.2. The molecular weight excluding hydrogens is 751 g/mol. The van der Waals surface area contributed by atoms with Gasteiger partial charge in [-0.3, -0.25) is 0 Å². The van der Waals surface area contributed by atoms with Crippen LogP contribution in [0, 0.1) is 0 Å². The fourth-order valence-corrected chi connectivity index (χ4v) is 10.9. The molecule has 0 saturated carbocycles. The molecule has 0 spiro atoms. The lowest BCUT2D eigenvalue weighted by atomic mass is 9.67. The first kappa shape index (κ1) is 38.3. The number of benzene rings is 8. The topological polar surface area (TPSA) is 16.4 Å². The average Bonchev–Trinajstić information content (AvgIpc) is 3.87. The Morgan fingerprint density at radius 2 is 0.968 bits per heavy atom. The summed E-state index contributed by atoms with van der Waals surface area (Å²) in [5.74, 6) is 0. The summed E-state index contributed by atoms with van der Waals surface area (Å²) in [4.78, 5) is 2.45. The molecule has 1 aromatic heterocycles. The van der Waals surface area contributed by atoms with Crippen LogP contribution in [0.4, 0.5) is 17.1 Å². The molecule has 0 saturated heterocycles. The number of nitrogens with zero attached hydrogens (tertiary/aromatic N) is 1. The van der Waals surface area contributed by atoms with Crippen molar-refractivity contribution in [3.8, 4) is 22.3 Å². The van der Waals surface area contributed by atoms with Crippen LogP contribution in [0.15, 0.2) is 180 Å². The first-order valence-electron chi connectivity index (χ1n) is 22.2. The molecule has 8 aromatic carbocycles. The van der Waals surface area contributed by atoms with Crippen LogP contribution in [0.3, 0.4) is 0 Å². The van der Waals surface area contributed by atoms with Crippen molar-refractivity contribution in [3.05, 3.63) is 220 Å². The Morgan fingerprint density at radius 3 is 1.63 bits per heavy atom. The standard InChI is InChI=1S/C60H53NO/c1-57(2,3)40-34-53(58(4,5)6)56-48-32-30-43(37-54(48)62-55(56)35-40)61(42-29-31-47-44-23-12-15-26-49(44)59(7,8)52(47)36-42)41-22-18-21-39(33-41)60(38-19-10-9-11-20-38)50-27-16-13-24-45(50)46-25-14-17-28-51(46)60/h9-37H,1-8H3. The molecule has 2 heteroatoms. The lowest BCUT2D eigenvalue weighted by Crippen LogP contribution is -2.28. The van der Waals surface area contributed by atoms with Crippen molar-refractivity contribution in [1.82, 2.24) is 0 Å². The third-order valence-electron chi connectivity index (χ3n) is 14.0. The summed E-state index contributed by atoms with van der Waals surface area (Å²) in [6.45, 7) is 18.5. The van der Waals surface area contributed by atoms with Crippen molar-refractivity contribution in [2.75, 3.05) is 4.90 Å². The van der Waals surface area contributed by atoms with E-state index in [0.29, 0.717) is 0 Å². The van der Waals surface area contributed by atoms with E-state index in [2.05, 4.69) is 236 Å². The van der Waals surface area contributed by atoms with Crippen molar-refractivity contribution in [2.45, 2.75) is 77.0 Å². The van der Waals surface area contributed by atoms with E-state index in [9.17, 15) is 0 Å². The third kappa shape index (κ3) is 5.55. The van der Waals surface area contributed by atoms with Gasteiger partial charge in [-0.25, -0.2) is 0 Å². The van der Waals surface area contributed by atoms with Gasteiger partial charge in [0.25, 0.3) is 0 Å². The van der Waals surface area contributed by atoms with Gasteiger partial charge in [-0.05, 0) is 120 Å². The van der Waals surface area contributed by atoms with Crippen LogP contribution in [0.5, 0.6) is 0 Å². The fourth-order valence-electron chi connectivity index (χ4n) is 10.9. The molecule has 11 rings (SSSR count). The molecule has 1 heterocycles. The maximum Gasteiger partial charge on any atom is 0.137 e. The maximum absolute atomic E-state index is 6.97. The fraction of sp³-hybridized carbons (Fsp3) is 0.200. The molecule has 0 fully saturated rings. The highest BCUT2D eigenvalue weighted by atomic mass is 16.3. The van der Waals surface area contributed by atoms with E-state index in [4.69, 9.17) is 4.42 Å². The maximum atomic E-state index is 6.97. The van der Waals surface area contributed by atoms with Gasteiger partial charge in [0.1, 0.15) is 11.2 Å². The molecule has 2 aliphatic rings. The highest BCUT2D eigenvalue weighted by molar-refractivity contribution is 6.08. The summed E-state index contributed by atoms with van der Waals surface area (Å²) in [5, 5.41) is 2.36. The molecule has 62 heavy (non-hydrogen) atoms. The lowest BCUT2D eigenvalue weighted by Gasteiger charge is -2.35. The molecule has 2 aliphatic carbocycles. The van der Waals surface area contributed by atoms with E-state index < -0.39 is 5.41 Å². The van der Waals surface area contributed by atoms with Gasteiger partial charge in [0, 0.05) is 39.3 Å². The van der Waals surface area contributed by atoms with Gasteiger partial charge in [-0.2, -0.15) is 0 Å². The van der Waals surface area contributed by atoms with E-state index in [-0.39, 0.29) is 16.2 Å². The van der Waals surface area contributed by atoms with Crippen LogP contribution in [0.2, 0.25) is 0 Å². The predicted octanol–water partition coefficient (Wildman–Crippen LogP) is 16.3. The Labute approximate surface area is 366 Å². The quantitative estimate of drug-likeness (QED) is 0.172. The van der Waals surface area contributed by atoms with Crippen molar-refractivity contribution in [3.63, 3.8) is 0 Å². The second-order valence-corrected chi connectivity index (χ2v) is 20.2. The van der Waals surface area contributed by atoms with Gasteiger partial charge in [-0.1, -0.05) is 183 Å². The summed E-state index contributed by atoms with van der Waals surface area (Å²) >= 11 is 0. The Balaban J connectivity index is 1.17. The van der Waals surface area contributed by atoms with Crippen LogP contribution in [0.25, 0.3) is 44.2 Å². The molecule has 0 amide bonds. The summed E-state index contributed by atoms with van der Waals surface area (Å²) < 4.78 is 6.97. The number of anilines is 3. The van der Waals surface area contributed by atoms with Crippen molar-refractivity contribution >= 4 is 39.0 Å². The third-order valence-corrected chi connectivity index (χ3v) is 14.0. The Kier molecular flexibility index (Phi) is 8.29. The Morgan fingerprint density at radius 1 is 0.419 bits per heavy atom. The van der Waals surface area contributed by atoms with Gasteiger partial charge in [0.2, 0.25) is 0 Å². The number of fused-ring (bicyclic) bond motifs is 9. The van der Waals surface area contributed by atoms with E-state index in [1.165, 1.54) is 72.1 Å². The molecule has 0 atom stereocenters. The van der Waals surface area contributed by atoms with Crippen LogP contribution in [-0.2, 0) is 21.7 Å². The zero-order valence-electron chi connectivity index (χ0n) is 37.1. The Bertz CT molecular complexity index is 3190. The average molecular weight is 804 g/mol. The molecule has 0 radical (unpaired) electrons. The number of hydrogen-bond donors (Lipinski definition) is 0. The van der Waals surface area contributed by atoms with E-state index in [1.807, 2.05) is 0 Å². The van der Waals surface area contributed by atoms with E-state index in [0.717, 1.165) is 33.6 Å². The summed E-state index contributed by atoms with van der Waals surface area (Å²) in [6, 6.07) is 65.9. The molecule has 0 unspecified atom stereocenters. The van der Waals surface area contributed by atoms with Gasteiger partial charge in [-0.15, -0.1) is 0 Å². The van der Waals surface area contributed by atoms with E-state index >= 15 is 0 Å². The van der Waals surface area contributed by atoms with Crippen molar-refractivity contribution < 1.29 is 4.42 Å². The van der Waals surface area contributed by atoms with Crippen molar-refractivity contribution in [2.24, 2.45) is 0 Å². The summed E-state index contributed by atoms with van der Waals surface area (Å²) in [6.07, 6.45) is 0. The zero-order valence-corrected chi connectivity index (χ0v) is 37.1. The van der Waals surface area contributed by atoms with E-state index in [1.54, 1.807) is 0 Å². The van der Waals surface area contributed by atoms with Gasteiger partial charge >= 0.3 is 0 Å². The second kappa shape index (κ2) is 13.4. The number of hydrogen-bond acceptors (Lipinski definition) is 2. The van der Waals surface area contributed by atoms with Crippen LogP contribution in [0.1, 0.15) is 99.9 Å². The zero-order chi connectivity index (χ0) is 42.8. The summed E-state index contributed by atoms with van der Waals surface area (Å²) in [7, 11) is 0. The molecule has 0 bridgehead atoms. The minimum Gasteiger partial charge on any atom is -0.456 e. The normalized spacial score (nSPS) is 14.7. The van der Waals surface area contributed by atoms with Gasteiger partial charge < -0.3 is 9.32 Å². The molecule has 9 aromatic rings. The predicted molar refractivity (Wildman–Crippen MR) is 261 cm³/mol. The molecule has 2 nitrogen and oxygen atoms in total. The Hall–Kier alpha value is -6.64. The van der Waals surface area contributed by atoms with Gasteiger partial charge in [0.05, 0.1) is 5.41 Å². The van der Waals surface area contributed by atoms with Crippen molar-refractivity contribution in [1.29, 1.82) is 0 Å². The molecule has 0 N–H and O–H groups in total. The lowest BCUT2D eigenvalue weighted by molar-refractivity contribution is 0.569. The highest BCUT2D eigenvalue weighted by Crippen LogP contribution is 2.57. The molecule has 304 valence electrons. The highest BCUT2D eigenvalue weighted by Gasteiger charge is 2.46. The smallest absolute Gasteiger partial charge is 0.137 e. The number of rotatable bonds is 5. The van der Waals surface area contributed by atoms with Gasteiger partial charge in [0.15, 0.2) is 0 Å². The van der Waals surface area contributed by atoms with Crippen LogP contribution in [-0.4, -0.2) is 0 Å². The first-order valence-corrected chi connectivity index (χ1v) is 22.2. The van der Waals surface area contributed by atoms with Crippen LogP contribution >= 0.6 is 0 Å². The minimum atomic E-state index is -0.519. The SMILES string of the molecule is CC(C)(C)c1cc(C(C)(C)C)c2c(c1)oc1cc(N(c3cccc(C4(c5ccccc5)c5ccccc5-c5ccccc54)c3)c3ccc4c(c3)C(C)(C)c3ccccc3-4)ccc12. The molecular formula is C60H53NO. The van der Waals surface area contributed by atoms with Crippen LogP contribution < -0.4 is 4.90 Å². The summed E-state index contributed by atoms with van der Waals surface area (Å²) in [5.41, 5.74) is 20.0. The largest absolute Gasteiger partial charge is 0.456 e. The minimum absolute atomic E-state index is 0.0153. The number of furan rings is 1.